The lowest BCUT2D eigenvalue weighted by atomic mass is 10.1. The zero-order chi connectivity index (χ0) is 18.9. The largest absolute Gasteiger partial charge is 0.491 e. The molecule has 0 saturated carbocycles. The number of benzene rings is 2. The molecule has 0 unspecified atom stereocenters. The second-order valence-electron chi connectivity index (χ2n) is 6.78. The van der Waals surface area contributed by atoms with E-state index in [0.29, 0.717) is 6.54 Å². The summed E-state index contributed by atoms with van der Waals surface area (Å²) in [6.07, 6.45) is 2.02. The Morgan fingerprint density at radius 2 is 1.85 bits per heavy atom. The predicted octanol–water partition coefficient (Wildman–Crippen LogP) is 5.01. The maximum atomic E-state index is 12.2. The average Bonchev–Trinajstić information content (AvgIpc) is 2.60. The Balaban J connectivity index is 1.71. The van der Waals surface area contributed by atoms with Crippen molar-refractivity contribution in [2.75, 3.05) is 6.54 Å². The first kappa shape index (κ1) is 20.4. The summed E-state index contributed by atoms with van der Waals surface area (Å²) in [6.45, 7) is 8.75. The number of ether oxygens (including phenoxy) is 1. The van der Waals surface area contributed by atoms with Gasteiger partial charge in [0.05, 0.1) is 11.4 Å². The molecule has 0 aliphatic heterocycles. The smallest absolute Gasteiger partial charge is 0.233 e. The third-order valence-electron chi connectivity index (χ3n) is 3.91. The van der Waals surface area contributed by atoms with Gasteiger partial charge in [-0.25, -0.2) is 0 Å². The molecular weight excluding hydrogens is 342 g/mol. The Morgan fingerprint density at radius 1 is 1.12 bits per heavy atom. The fourth-order valence-electron chi connectivity index (χ4n) is 2.57. The molecule has 0 saturated heterocycles. The lowest BCUT2D eigenvalue weighted by Gasteiger charge is -2.13. The van der Waals surface area contributed by atoms with Crippen LogP contribution in [0.2, 0.25) is 0 Å². The van der Waals surface area contributed by atoms with Crippen LogP contribution in [0.4, 0.5) is 0 Å². The summed E-state index contributed by atoms with van der Waals surface area (Å²) in [5, 5.41) is 2.94. The van der Waals surface area contributed by atoms with E-state index in [1.54, 1.807) is 11.8 Å². The maximum Gasteiger partial charge on any atom is 0.233 e. The first-order valence-electron chi connectivity index (χ1n) is 9.20. The average molecular weight is 372 g/mol. The Bertz CT molecular complexity index is 698. The molecule has 0 aliphatic rings. The van der Waals surface area contributed by atoms with Crippen molar-refractivity contribution >= 4 is 17.7 Å². The van der Waals surface area contributed by atoms with Gasteiger partial charge >= 0.3 is 0 Å². The number of carbonyl (C=O) groups is 1. The standard InChI is InChI=1S/C22H29NO2S/c1-16(2)25-20-9-5-7-19(15-20)8-6-14-23-22(24)18(4)26-21-12-10-17(3)11-13-21/h5,7,9-13,15-16,18H,6,8,14H2,1-4H3,(H,23,24)/t18-/m1/s1. The molecule has 0 heterocycles. The SMILES string of the molecule is Cc1ccc(S[C@H](C)C(=O)NCCCc2cccc(OC(C)C)c2)cc1. The Labute approximate surface area is 161 Å². The number of hydrogen-bond acceptors (Lipinski definition) is 3. The minimum atomic E-state index is -0.0968. The maximum absolute atomic E-state index is 12.2. The number of aryl methyl sites for hydroxylation is 2. The number of rotatable bonds is 9. The highest BCUT2D eigenvalue weighted by Gasteiger charge is 2.13. The monoisotopic (exact) mass is 371 g/mol. The third kappa shape index (κ3) is 7.12. The van der Waals surface area contributed by atoms with Crippen LogP contribution in [0.15, 0.2) is 53.4 Å². The summed E-state index contributed by atoms with van der Waals surface area (Å²) in [5.41, 5.74) is 2.47. The van der Waals surface area contributed by atoms with Crippen LogP contribution in [0.25, 0.3) is 0 Å². The van der Waals surface area contributed by atoms with Gasteiger partial charge in [-0.3, -0.25) is 4.79 Å². The van der Waals surface area contributed by atoms with Gasteiger partial charge in [0.2, 0.25) is 5.91 Å². The summed E-state index contributed by atoms with van der Waals surface area (Å²) >= 11 is 1.59. The zero-order valence-electron chi connectivity index (χ0n) is 16.1. The number of hydrogen-bond donors (Lipinski definition) is 1. The van der Waals surface area contributed by atoms with Gasteiger partial charge in [-0.15, -0.1) is 11.8 Å². The van der Waals surface area contributed by atoms with Crippen LogP contribution in [0.5, 0.6) is 5.75 Å². The van der Waals surface area contributed by atoms with Crippen LogP contribution in [-0.2, 0) is 11.2 Å². The molecule has 0 fully saturated rings. The first-order valence-corrected chi connectivity index (χ1v) is 10.1. The molecule has 1 atom stereocenters. The van der Waals surface area contributed by atoms with Gasteiger partial charge in [-0.05, 0) is 70.4 Å². The molecule has 0 aromatic heterocycles. The molecule has 2 aromatic carbocycles. The van der Waals surface area contributed by atoms with Gasteiger partial charge in [0, 0.05) is 11.4 Å². The van der Waals surface area contributed by atoms with Gasteiger partial charge in [-0.1, -0.05) is 29.8 Å². The van der Waals surface area contributed by atoms with E-state index in [0.717, 1.165) is 23.5 Å². The van der Waals surface area contributed by atoms with Crippen molar-refractivity contribution in [3.63, 3.8) is 0 Å². The van der Waals surface area contributed by atoms with Crippen LogP contribution < -0.4 is 10.1 Å². The van der Waals surface area contributed by atoms with Crippen molar-refractivity contribution in [3.05, 3.63) is 59.7 Å². The Morgan fingerprint density at radius 3 is 2.54 bits per heavy atom. The fraction of sp³-hybridized carbons (Fsp3) is 0.409. The van der Waals surface area contributed by atoms with Crippen LogP contribution in [-0.4, -0.2) is 23.8 Å². The first-order chi connectivity index (χ1) is 12.4. The van der Waals surface area contributed by atoms with E-state index in [4.69, 9.17) is 4.74 Å². The molecule has 140 valence electrons. The summed E-state index contributed by atoms with van der Waals surface area (Å²) in [6, 6.07) is 16.5. The van der Waals surface area contributed by atoms with E-state index in [-0.39, 0.29) is 17.3 Å². The van der Waals surface area contributed by atoms with E-state index < -0.39 is 0 Å². The summed E-state index contributed by atoms with van der Waals surface area (Å²) < 4.78 is 5.72. The lowest BCUT2D eigenvalue weighted by Crippen LogP contribution is -2.31. The van der Waals surface area contributed by atoms with Crippen LogP contribution >= 0.6 is 11.8 Å². The minimum Gasteiger partial charge on any atom is -0.491 e. The summed E-state index contributed by atoms with van der Waals surface area (Å²) in [5.74, 6) is 0.997. The molecule has 0 spiro atoms. The van der Waals surface area contributed by atoms with Gasteiger partial charge in [0.1, 0.15) is 5.75 Å². The molecule has 3 nitrogen and oxygen atoms in total. The van der Waals surface area contributed by atoms with E-state index >= 15 is 0 Å². The second kappa shape index (κ2) is 10.3. The molecule has 0 radical (unpaired) electrons. The predicted molar refractivity (Wildman–Crippen MR) is 110 cm³/mol. The van der Waals surface area contributed by atoms with Crippen LogP contribution in [0, 0.1) is 6.92 Å². The molecule has 1 amide bonds. The van der Waals surface area contributed by atoms with Crippen LogP contribution in [0.3, 0.4) is 0 Å². The molecular formula is C22H29NO2S. The molecule has 26 heavy (non-hydrogen) atoms. The zero-order valence-corrected chi connectivity index (χ0v) is 16.9. The normalized spacial score (nSPS) is 12.0. The molecule has 0 aliphatic carbocycles. The van der Waals surface area contributed by atoms with Crippen molar-refractivity contribution in [1.82, 2.24) is 5.32 Å². The molecule has 2 rings (SSSR count). The molecule has 4 heteroatoms. The van der Waals surface area contributed by atoms with Gasteiger partial charge in [-0.2, -0.15) is 0 Å². The van der Waals surface area contributed by atoms with Crippen molar-refractivity contribution in [3.8, 4) is 5.75 Å². The van der Waals surface area contributed by atoms with Crippen molar-refractivity contribution in [2.24, 2.45) is 0 Å². The summed E-state index contributed by atoms with van der Waals surface area (Å²) in [4.78, 5) is 13.4. The van der Waals surface area contributed by atoms with E-state index in [9.17, 15) is 4.79 Å². The van der Waals surface area contributed by atoms with Crippen molar-refractivity contribution in [1.29, 1.82) is 0 Å². The van der Waals surface area contributed by atoms with Gasteiger partial charge in [0.25, 0.3) is 0 Å². The van der Waals surface area contributed by atoms with E-state index in [1.807, 2.05) is 32.9 Å². The Kier molecular flexibility index (Phi) is 8.05. The van der Waals surface area contributed by atoms with Crippen LogP contribution in [0.1, 0.15) is 38.3 Å². The van der Waals surface area contributed by atoms with Crippen molar-refractivity contribution in [2.45, 2.75) is 56.8 Å². The summed E-state index contributed by atoms with van der Waals surface area (Å²) in [7, 11) is 0. The number of nitrogens with one attached hydrogen (secondary N) is 1. The highest BCUT2D eigenvalue weighted by atomic mass is 32.2. The van der Waals surface area contributed by atoms with Crippen molar-refractivity contribution < 1.29 is 9.53 Å². The molecule has 1 N–H and O–H groups in total. The topological polar surface area (TPSA) is 38.3 Å². The third-order valence-corrected chi connectivity index (χ3v) is 5.03. The minimum absolute atomic E-state index is 0.0902. The fourth-order valence-corrected chi connectivity index (χ4v) is 3.46. The van der Waals surface area contributed by atoms with E-state index in [2.05, 4.69) is 48.6 Å². The second-order valence-corrected chi connectivity index (χ2v) is 8.20. The van der Waals surface area contributed by atoms with Gasteiger partial charge in [0.15, 0.2) is 0 Å². The number of amides is 1. The highest BCUT2D eigenvalue weighted by Crippen LogP contribution is 2.23. The molecule has 0 bridgehead atoms. The van der Waals surface area contributed by atoms with Gasteiger partial charge < -0.3 is 10.1 Å². The lowest BCUT2D eigenvalue weighted by molar-refractivity contribution is -0.120. The van der Waals surface area contributed by atoms with E-state index in [1.165, 1.54) is 11.1 Å². The number of carbonyl (C=O) groups excluding carboxylic acids is 1. The molecule has 2 aromatic rings. The highest BCUT2D eigenvalue weighted by molar-refractivity contribution is 8.00. The quantitative estimate of drug-likeness (QED) is 0.497. The Hall–Kier alpha value is -1.94. The number of thioether (sulfide) groups is 1.